The topological polar surface area (TPSA) is 51.4 Å². The molecule has 0 aliphatic carbocycles. The number of thiazole rings is 1. The zero-order chi connectivity index (χ0) is 7.56. The lowest BCUT2D eigenvalue weighted by Gasteiger charge is -1.85. The van der Waals surface area contributed by atoms with E-state index in [1.54, 1.807) is 5.51 Å². The van der Waals surface area contributed by atoms with Crippen molar-refractivity contribution in [1.29, 1.82) is 0 Å². The van der Waals surface area contributed by atoms with Gasteiger partial charge in [-0.1, -0.05) is 11.3 Å². The number of rotatable bonds is 2. The van der Waals surface area contributed by atoms with Crippen LogP contribution >= 0.6 is 11.3 Å². The van der Waals surface area contributed by atoms with E-state index in [-0.39, 0.29) is 6.42 Å². The van der Waals surface area contributed by atoms with Gasteiger partial charge in [0.1, 0.15) is 0 Å². The summed E-state index contributed by atoms with van der Waals surface area (Å²) in [5.41, 5.74) is 2.74. The van der Waals surface area contributed by atoms with E-state index in [4.69, 9.17) is 5.11 Å². The van der Waals surface area contributed by atoms with Crippen LogP contribution in [0.2, 0.25) is 0 Å². The van der Waals surface area contributed by atoms with Gasteiger partial charge in [-0.05, 0) is 0 Å². The van der Waals surface area contributed by atoms with Gasteiger partial charge in [0.15, 0.2) is 5.69 Å². The van der Waals surface area contributed by atoms with Gasteiger partial charge in [0.2, 0.25) is 5.51 Å². The summed E-state index contributed by atoms with van der Waals surface area (Å²) in [5, 5.41) is 8.40. The van der Waals surface area contributed by atoms with Gasteiger partial charge in [0.25, 0.3) is 0 Å². The van der Waals surface area contributed by atoms with Crippen LogP contribution in [0.15, 0.2) is 5.51 Å². The Hall–Kier alpha value is -0.900. The molecule has 0 unspecified atom stereocenters. The summed E-state index contributed by atoms with van der Waals surface area (Å²) < 4.78 is 0. The molecular weight excluding hydrogens is 150 g/mol. The zero-order valence-corrected chi connectivity index (χ0v) is 6.36. The Bertz CT molecular complexity index is 244. The number of aromatic amines is 1. The first-order valence-corrected chi connectivity index (χ1v) is 3.74. The first-order valence-electron chi connectivity index (χ1n) is 2.86. The van der Waals surface area contributed by atoms with Gasteiger partial charge in [-0.15, -0.1) is 0 Å². The highest BCUT2D eigenvalue weighted by Crippen LogP contribution is 2.08. The standard InChI is InChI=1S/C6H7NO2S/c1-4-5(2-6(8)9)10-3-7-4/h3H,2H2,1H3,(H,8,9)/p+1. The monoisotopic (exact) mass is 158 g/mol. The maximum atomic E-state index is 10.2. The SMILES string of the molecule is Cc1[nH+]csc1CC(=O)O. The maximum absolute atomic E-state index is 10.2. The van der Waals surface area contributed by atoms with Crippen molar-refractivity contribution in [2.75, 3.05) is 0 Å². The number of hydrogen-bond acceptors (Lipinski definition) is 2. The Labute approximate surface area is 62.3 Å². The Morgan fingerprint density at radius 3 is 3.00 bits per heavy atom. The fraction of sp³-hybridized carbons (Fsp3) is 0.333. The van der Waals surface area contributed by atoms with Crippen LogP contribution in [0, 0.1) is 6.92 Å². The highest BCUT2D eigenvalue weighted by molar-refractivity contribution is 7.09. The van der Waals surface area contributed by atoms with Gasteiger partial charge in [-0.25, -0.2) is 4.98 Å². The third-order valence-electron chi connectivity index (χ3n) is 1.21. The van der Waals surface area contributed by atoms with E-state index in [9.17, 15) is 4.79 Å². The lowest BCUT2D eigenvalue weighted by Crippen LogP contribution is -2.04. The van der Waals surface area contributed by atoms with Crippen LogP contribution in [-0.2, 0) is 11.2 Å². The number of nitrogens with one attached hydrogen (secondary N) is 1. The van der Waals surface area contributed by atoms with Gasteiger partial charge in [-0.3, -0.25) is 4.79 Å². The van der Waals surface area contributed by atoms with E-state index in [0.29, 0.717) is 0 Å². The molecule has 1 aromatic heterocycles. The summed E-state index contributed by atoms with van der Waals surface area (Å²) in [5.74, 6) is -0.779. The van der Waals surface area contributed by atoms with Crippen molar-refractivity contribution in [1.82, 2.24) is 0 Å². The first kappa shape index (κ1) is 7.21. The molecule has 0 radical (unpaired) electrons. The van der Waals surface area contributed by atoms with Gasteiger partial charge in [-0.2, -0.15) is 0 Å². The van der Waals surface area contributed by atoms with Gasteiger partial charge in [0, 0.05) is 6.92 Å². The van der Waals surface area contributed by atoms with E-state index < -0.39 is 5.97 Å². The largest absolute Gasteiger partial charge is 0.481 e. The lowest BCUT2D eigenvalue weighted by molar-refractivity contribution is -0.380. The van der Waals surface area contributed by atoms with Crippen LogP contribution in [0.1, 0.15) is 10.6 Å². The number of carboxylic acid groups (broad SMARTS) is 1. The van der Waals surface area contributed by atoms with E-state index in [0.717, 1.165) is 10.6 Å². The fourth-order valence-corrected chi connectivity index (χ4v) is 1.49. The van der Waals surface area contributed by atoms with E-state index in [1.807, 2.05) is 6.92 Å². The molecule has 0 bridgehead atoms. The Morgan fingerprint density at radius 2 is 2.60 bits per heavy atom. The number of aliphatic carboxylic acids is 1. The smallest absolute Gasteiger partial charge is 0.308 e. The van der Waals surface area contributed by atoms with Crippen molar-refractivity contribution >= 4 is 17.3 Å². The minimum atomic E-state index is -0.779. The summed E-state index contributed by atoms with van der Waals surface area (Å²) in [6.45, 7) is 1.87. The minimum absolute atomic E-state index is 0.125. The molecule has 0 fully saturated rings. The van der Waals surface area contributed by atoms with E-state index in [1.165, 1.54) is 11.3 Å². The molecule has 0 saturated heterocycles. The number of H-pyrrole nitrogens is 1. The number of aryl methyl sites for hydroxylation is 1. The second-order valence-corrected chi connectivity index (χ2v) is 2.96. The molecule has 0 aromatic carbocycles. The maximum Gasteiger partial charge on any atom is 0.308 e. The van der Waals surface area contributed by atoms with E-state index >= 15 is 0 Å². The first-order chi connectivity index (χ1) is 4.70. The number of aromatic nitrogens is 1. The Morgan fingerprint density at radius 1 is 1.90 bits per heavy atom. The van der Waals surface area contributed by atoms with Crippen LogP contribution in [-0.4, -0.2) is 11.1 Å². The summed E-state index contributed by atoms with van der Waals surface area (Å²) >= 11 is 1.44. The van der Waals surface area contributed by atoms with E-state index in [2.05, 4.69) is 4.98 Å². The molecule has 1 rings (SSSR count). The average molecular weight is 158 g/mol. The van der Waals surface area contributed by atoms with Crippen molar-refractivity contribution in [2.24, 2.45) is 0 Å². The van der Waals surface area contributed by atoms with Crippen molar-refractivity contribution in [3.05, 3.63) is 16.1 Å². The van der Waals surface area contributed by atoms with Crippen molar-refractivity contribution in [3.63, 3.8) is 0 Å². The van der Waals surface area contributed by atoms with Crippen LogP contribution in [0.3, 0.4) is 0 Å². The van der Waals surface area contributed by atoms with Gasteiger partial charge < -0.3 is 5.11 Å². The van der Waals surface area contributed by atoms with Crippen molar-refractivity contribution in [3.8, 4) is 0 Å². The second kappa shape index (κ2) is 2.79. The summed E-state index contributed by atoms with van der Waals surface area (Å²) in [4.78, 5) is 14.0. The lowest BCUT2D eigenvalue weighted by atomic mass is 10.3. The number of carbonyl (C=O) groups is 1. The normalized spacial score (nSPS) is 9.70. The molecule has 2 N–H and O–H groups in total. The molecule has 0 aliphatic rings. The van der Waals surface area contributed by atoms with Gasteiger partial charge >= 0.3 is 5.97 Å². The molecule has 54 valence electrons. The molecule has 0 aliphatic heterocycles. The molecule has 0 spiro atoms. The number of carboxylic acids is 1. The third-order valence-corrected chi connectivity index (χ3v) is 2.18. The Balaban J connectivity index is 2.74. The summed E-state index contributed by atoms with van der Waals surface area (Å²) in [6.07, 6.45) is 0.125. The molecular formula is C6H8NO2S+. The summed E-state index contributed by atoms with van der Waals surface area (Å²) in [7, 11) is 0. The minimum Gasteiger partial charge on any atom is -0.481 e. The molecule has 4 heteroatoms. The quantitative estimate of drug-likeness (QED) is 0.681. The van der Waals surface area contributed by atoms with Crippen LogP contribution in [0.25, 0.3) is 0 Å². The predicted molar refractivity (Wildman–Crippen MR) is 37.0 cm³/mol. The second-order valence-electron chi connectivity index (χ2n) is 2.00. The zero-order valence-electron chi connectivity index (χ0n) is 5.55. The van der Waals surface area contributed by atoms with Crippen molar-refractivity contribution < 1.29 is 14.9 Å². The molecule has 3 nitrogen and oxygen atoms in total. The molecule has 1 heterocycles. The Kier molecular flexibility index (Phi) is 2.01. The predicted octanol–water partition coefficient (Wildman–Crippen LogP) is 0.498. The van der Waals surface area contributed by atoms with Crippen molar-refractivity contribution in [2.45, 2.75) is 13.3 Å². The van der Waals surface area contributed by atoms with Crippen LogP contribution in [0.4, 0.5) is 0 Å². The highest BCUT2D eigenvalue weighted by atomic mass is 32.1. The molecule has 10 heavy (non-hydrogen) atoms. The van der Waals surface area contributed by atoms with Crippen LogP contribution < -0.4 is 4.98 Å². The average Bonchev–Trinajstić information content (AvgIpc) is 2.15. The molecule has 0 amide bonds. The third kappa shape index (κ3) is 1.54. The summed E-state index contributed by atoms with van der Waals surface area (Å²) in [6, 6.07) is 0. The van der Waals surface area contributed by atoms with Gasteiger partial charge in [0.05, 0.1) is 11.3 Å². The number of hydrogen-bond donors (Lipinski definition) is 1. The molecule has 0 atom stereocenters. The highest BCUT2D eigenvalue weighted by Gasteiger charge is 2.09. The van der Waals surface area contributed by atoms with Crippen LogP contribution in [0.5, 0.6) is 0 Å². The molecule has 0 saturated carbocycles. The fourth-order valence-electron chi connectivity index (χ4n) is 0.669. The molecule has 1 aromatic rings.